The molecule has 1 aromatic carbocycles. The molecule has 2 N–H and O–H groups in total. The van der Waals surface area contributed by atoms with Gasteiger partial charge < -0.3 is 15.5 Å². The van der Waals surface area contributed by atoms with Crippen molar-refractivity contribution < 1.29 is 13.2 Å². The van der Waals surface area contributed by atoms with Gasteiger partial charge in [0.1, 0.15) is 0 Å². The van der Waals surface area contributed by atoms with Gasteiger partial charge in [-0.1, -0.05) is 6.07 Å². The van der Waals surface area contributed by atoms with Crippen LogP contribution in [0.3, 0.4) is 0 Å². The second kappa shape index (κ2) is 9.87. The molecule has 2 fully saturated rings. The molecule has 0 radical (unpaired) electrons. The number of nitrogens with zero attached hydrogens (tertiary/aromatic N) is 2. The molecular weight excluding hydrogens is 399 g/mol. The van der Waals surface area contributed by atoms with Crippen LogP contribution in [0.1, 0.15) is 12.8 Å². The lowest BCUT2D eigenvalue weighted by Gasteiger charge is -2.31. The number of piperazine rings is 1. The van der Waals surface area contributed by atoms with Crippen molar-refractivity contribution in [3.8, 4) is 0 Å². The van der Waals surface area contributed by atoms with Gasteiger partial charge >= 0.3 is 0 Å². The average Bonchev–Trinajstić information content (AvgIpc) is 3.10. The summed E-state index contributed by atoms with van der Waals surface area (Å²) in [4.78, 5) is 14.5. The minimum absolute atomic E-state index is 0. The maximum atomic E-state index is 12.8. The molecule has 2 saturated heterocycles. The fourth-order valence-corrected chi connectivity index (χ4v) is 4.52. The quantitative estimate of drug-likeness (QED) is 0.757. The lowest BCUT2D eigenvalue weighted by molar-refractivity contribution is -0.117. The van der Waals surface area contributed by atoms with E-state index < -0.39 is 10.0 Å². The number of amides is 1. The van der Waals surface area contributed by atoms with Crippen molar-refractivity contribution in [3.63, 3.8) is 0 Å². The zero-order chi connectivity index (χ0) is 17.2. The molecule has 2 aliphatic heterocycles. The third kappa shape index (κ3) is 5.31. The van der Waals surface area contributed by atoms with Crippen molar-refractivity contribution in [2.24, 2.45) is 0 Å². The van der Waals surface area contributed by atoms with E-state index in [-0.39, 0.29) is 41.7 Å². The molecule has 2 aliphatic rings. The van der Waals surface area contributed by atoms with Gasteiger partial charge in [0, 0.05) is 31.9 Å². The third-order valence-electron chi connectivity index (χ3n) is 4.58. The number of hydrogen-bond donors (Lipinski definition) is 2. The molecule has 0 aromatic heterocycles. The Kier molecular flexibility index (Phi) is 8.78. The summed E-state index contributed by atoms with van der Waals surface area (Å²) >= 11 is 0. The summed E-state index contributed by atoms with van der Waals surface area (Å²) in [7, 11) is -1.54. The molecule has 0 spiro atoms. The van der Waals surface area contributed by atoms with Crippen LogP contribution in [0.5, 0.6) is 0 Å². The highest BCUT2D eigenvalue weighted by atomic mass is 35.5. The number of nitrogens with one attached hydrogen (secondary N) is 2. The highest BCUT2D eigenvalue weighted by Gasteiger charge is 2.28. The van der Waals surface area contributed by atoms with Gasteiger partial charge in [-0.25, -0.2) is 8.42 Å². The van der Waals surface area contributed by atoms with Gasteiger partial charge in [-0.2, -0.15) is 4.31 Å². The zero-order valence-electron chi connectivity index (χ0n) is 14.7. The molecule has 0 aliphatic carbocycles. The van der Waals surface area contributed by atoms with E-state index in [0.717, 1.165) is 32.5 Å². The Labute approximate surface area is 167 Å². The summed E-state index contributed by atoms with van der Waals surface area (Å²) in [6.45, 7) is 3.27. The lowest BCUT2D eigenvalue weighted by Crippen LogP contribution is -2.47. The molecule has 1 atom stereocenters. The SMILES string of the molecule is CN1CCN(S(=O)(=O)c2cccc(NC(=O)C3CCCN3)c2)CC1.Cl.Cl. The molecule has 1 aromatic rings. The number of likely N-dealkylation sites (N-methyl/N-ethyl adjacent to an activating group) is 1. The number of halogens is 2. The van der Waals surface area contributed by atoms with E-state index in [1.54, 1.807) is 24.3 Å². The van der Waals surface area contributed by atoms with Gasteiger partial charge in [0.15, 0.2) is 0 Å². The summed E-state index contributed by atoms with van der Waals surface area (Å²) in [5, 5.41) is 5.95. The molecular formula is C16H26Cl2N4O3S. The summed E-state index contributed by atoms with van der Waals surface area (Å²) in [5.74, 6) is -0.110. The topological polar surface area (TPSA) is 81.8 Å². The molecule has 148 valence electrons. The van der Waals surface area contributed by atoms with Gasteiger partial charge in [-0.3, -0.25) is 4.79 Å². The molecule has 10 heteroatoms. The van der Waals surface area contributed by atoms with E-state index in [1.807, 2.05) is 7.05 Å². The number of rotatable bonds is 4. The van der Waals surface area contributed by atoms with Crippen LogP contribution in [0.15, 0.2) is 29.2 Å². The molecule has 0 bridgehead atoms. The van der Waals surface area contributed by atoms with E-state index in [0.29, 0.717) is 18.8 Å². The normalized spacial score (nSPS) is 21.5. The molecule has 7 nitrogen and oxygen atoms in total. The van der Waals surface area contributed by atoms with Crippen molar-refractivity contribution in [3.05, 3.63) is 24.3 Å². The van der Waals surface area contributed by atoms with E-state index in [4.69, 9.17) is 0 Å². The maximum absolute atomic E-state index is 12.8. The van der Waals surface area contributed by atoms with Gasteiger partial charge in [0.05, 0.1) is 10.9 Å². The van der Waals surface area contributed by atoms with E-state index in [2.05, 4.69) is 15.5 Å². The Morgan fingerprint density at radius 2 is 1.88 bits per heavy atom. The monoisotopic (exact) mass is 424 g/mol. The highest BCUT2D eigenvalue weighted by molar-refractivity contribution is 7.89. The van der Waals surface area contributed by atoms with Crippen LogP contribution < -0.4 is 10.6 Å². The van der Waals surface area contributed by atoms with Crippen LogP contribution in [0.4, 0.5) is 5.69 Å². The molecule has 1 unspecified atom stereocenters. The zero-order valence-corrected chi connectivity index (χ0v) is 17.1. The number of carbonyl (C=O) groups excluding carboxylic acids is 1. The summed E-state index contributed by atoms with van der Waals surface area (Å²) in [6, 6.07) is 6.32. The van der Waals surface area contributed by atoms with Crippen LogP contribution in [-0.2, 0) is 14.8 Å². The Morgan fingerprint density at radius 3 is 2.50 bits per heavy atom. The second-order valence-electron chi connectivity index (χ2n) is 6.37. The fraction of sp³-hybridized carbons (Fsp3) is 0.562. The molecule has 0 saturated carbocycles. The first-order valence-electron chi connectivity index (χ1n) is 8.30. The van der Waals surface area contributed by atoms with Crippen molar-refractivity contribution in [1.29, 1.82) is 0 Å². The van der Waals surface area contributed by atoms with Crippen molar-refractivity contribution in [1.82, 2.24) is 14.5 Å². The summed E-state index contributed by atoms with van der Waals surface area (Å²) in [6.07, 6.45) is 1.79. The predicted octanol–water partition coefficient (Wildman–Crippen LogP) is 1.16. The fourth-order valence-electron chi connectivity index (χ4n) is 3.05. The van der Waals surface area contributed by atoms with Crippen LogP contribution >= 0.6 is 24.8 Å². The van der Waals surface area contributed by atoms with Gasteiger partial charge in [-0.05, 0) is 44.6 Å². The number of carbonyl (C=O) groups is 1. The Bertz CT molecular complexity index is 703. The predicted molar refractivity (Wildman–Crippen MR) is 107 cm³/mol. The van der Waals surface area contributed by atoms with Gasteiger partial charge in [0.2, 0.25) is 15.9 Å². The summed E-state index contributed by atoms with van der Waals surface area (Å²) < 4.78 is 27.0. The number of sulfonamides is 1. The van der Waals surface area contributed by atoms with Gasteiger partial charge in [0.25, 0.3) is 0 Å². The summed E-state index contributed by atoms with van der Waals surface area (Å²) in [5.41, 5.74) is 0.518. The third-order valence-corrected chi connectivity index (χ3v) is 6.47. The number of benzene rings is 1. The smallest absolute Gasteiger partial charge is 0.243 e. The first kappa shape index (κ1) is 23.1. The van der Waals surface area contributed by atoms with E-state index >= 15 is 0 Å². The number of anilines is 1. The Morgan fingerprint density at radius 1 is 1.19 bits per heavy atom. The van der Waals surface area contributed by atoms with E-state index in [1.165, 1.54) is 4.31 Å². The minimum atomic E-state index is -3.52. The first-order chi connectivity index (χ1) is 11.5. The van der Waals surface area contributed by atoms with Crippen molar-refractivity contribution in [2.45, 2.75) is 23.8 Å². The van der Waals surface area contributed by atoms with Crippen LogP contribution in [0.2, 0.25) is 0 Å². The van der Waals surface area contributed by atoms with Gasteiger partial charge in [-0.15, -0.1) is 24.8 Å². The average molecular weight is 425 g/mol. The lowest BCUT2D eigenvalue weighted by atomic mass is 10.2. The van der Waals surface area contributed by atoms with Crippen molar-refractivity contribution >= 4 is 46.4 Å². The van der Waals surface area contributed by atoms with Crippen LogP contribution in [0, 0.1) is 0 Å². The molecule has 3 rings (SSSR count). The Hall–Kier alpha value is -0.900. The number of hydrogen-bond acceptors (Lipinski definition) is 5. The standard InChI is InChI=1S/C16H24N4O3S.2ClH/c1-19-8-10-20(11-9-19)24(22,23)14-5-2-4-13(12-14)18-16(21)15-6-3-7-17-15;;/h2,4-5,12,15,17H,3,6-11H2,1H3,(H,18,21);2*1H. The molecule has 2 heterocycles. The second-order valence-corrected chi connectivity index (χ2v) is 8.31. The van der Waals surface area contributed by atoms with E-state index in [9.17, 15) is 13.2 Å². The largest absolute Gasteiger partial charge is 0.325 e. The minimum Gasteiger partial charge on any atom is -0.325 e. The molecule has 1 amide bonds. The molecule has 26 heavy (non-hydrogen) atoms. The van der Waals surface area contributed by atoms with Crippen LogP contribution in [0.25, 0.3) is 0 Å². The Balaban J connectivity index is 0.00000169. The van der Waals surface area contributed by atoms with Crippen LogP contribution in [-0.4, -0.2) is 69.3 Å². The highest BCUT2D eigenvalue weighted by Crippen LogP contribution is 2.21. The first-order valence-corrected chi connectivity index (χ1v) is 9.74. The maximum Gasteiger partial charge on any atom is 0.243 e. The van der Waals surface area contributed by atoms with Crippen molar-refractivity contribution in [2.75, 3.05) is 45.1 Å².